The van der Waals surface area contributed by atoms with Crippen LogP contribution in [-0.2, 0) is 16.0 Å². The first-order chi connectivity index (χ1) is 13.0. The summed E-state index contributed by atoms with van der Waals surface area (Å²) in [6.07, 6.45) is 2.38. The van der Waals surface area contributed by atoms with Crippen LogP contribution in [0.2, 0.25) is 0 Å². The van der Waals surface area contributed by atoms with Gasteiger partial charge in [-0.25, -0.2) is 0 Å². The standard InChI is InChI=1S/C22H25N3O2/c1-15-11-12-17-7-3-5-9-19(17)24(15)14-22(27)25-16(2)13-21(26)23-18-8-4-6-10-20(18)25/h3-10,15-16H,11-14H2,1-2H3,(H,23,26). The summed E-state index contributed by atoms with van der Waals surface area (Å²) < 4.78 is 0. The number of aryl methyl sites for hydroxylation is 1. The maximum atomic E-state index is 13.4. The topological polar surface area (TPSA) is 52.7 Å². The fourth-order valence-electron chi connectivity index (χ4n) is 4.19. The number of nitrogens with one attached hydrogen (secondary N) is 1. The molecule has 0 saturated heterocycles. The van der Waals surface area contributed by atoms with Crippen LogP contribution in [0.3, 0.4) is 0 Å². The number of hydrogen-bond donors (Lipinski definition) is 1. The van der Waals surface area contributed by atoms with Gasteiger partial charge < -0.3 is 15.1 Å². The number of nitrogens with zero attached hydrogens (tertiary/aromatic N) is 2. The quantitative estimate of drug-likeness (QED) is 0.887. The lowest BCUT2D eigenvalue weighted by Gasteiger charge is -2.38. The fourth-order valence-corrected chi connectivity index (χ4v) is 4.19. The lowest BCUT2D eigenvalue weighted by atomic mass is 9.96. The SMILES string of the molecule is CC1CCc2ccccc2N1CC(=O)N1c2ccccc2NC(=O)CC1C. The van der Waals surface area contributed by atoms with Gasteiger partial charge in [0.15, 0.2) is 0 Å². The molecule has 0 spiro atoms. The first-order valence-corrected chi connectivity index (χ1v) is 9.60. The summed E-state index contributed by atoms with van der Waals surface area (Å²) in [5.41, 5.74) is 3.92. The van der Waals surface area contributed by atoms with E-state index in [9.17, 15) is 9.59 Å². The Balaban J connectivity index is 1.66. The molecule has 0 aliphatic carbocycles. The summed E-state index contributed by atoms with van der Waals surface area (Å²) >= 11 is 0. The number of carbonyl (C=O) groups excluding carboxylic acids is 2. The van der Waals surface area contributed by atoms with E-state index in [1.807, 2.05) is 37.3 Å². The molecule has 5 nitrogen and oxygen atoms in total. The summed E-state index contributed by atoms with van der Waals surface area (Å²) in [6.45, 7) is 4.42. The average Bonchev–Trinajstić information content (AvgIpc) is 2.78. The number of hydrogen-bond acceptors (Lipinski definition) is 3. The number of amides is 2. The van der Waals surface area contributed by atoms with Crippen molar-refractivity contribution in [2.24, 2.45) is 0 Å². The maximum absolute atomic E-state index is 13.4. The molecular weight excluding hydrogens is 338 g/mol. The van der Waals surface area contributed by atoms with Gasteiger partial charge in [-0.15, -0.1) is 0 Å². The zero-order valence-corrected chi connectivity index (χ0v) is 15.8. The Morgan fingerprint density at radius 3 is 2.56 bits per heavy atom. The number of anilines is 3. The first kappa shape index (κ1) is 17.6. The third-order valence-electron chi connectivity index (χ3n) is 5.60. The Morgan fingerprint density at radius 1 is 1.04 bits per heavy atom. The van der Waals surface area contributed by atoms with Crippen molar-refractivity contribution in [2.45, 2.75) is 45.2 Å². The average molecular weight is 363 g/mol. The van der Waals surface area contributed by atoms with Crippen molar-refractivity contribution in [3.8, 4) is 0 Å². The van der Waals surface area contributed by atoms with Crippen LogP contribution >= 0.6 is 0 Å². The highest BCUT2D eigenvalue weighted by atomic mass is 16.2. The van der Waals surface area contributed by atoms with Gasteiger partial charge in [0.2, 0.25) is 11.8 Å². The Labute approximate surface area is 160 Å². The van der Waals surface area contributed by atoms with E-state index in [0.717, 1.165) is 24.2 Å². The predicted octanol–water partition coefficient (Wildman–Crippen LogP) is 3.59. The molecule has 2 aromatic carbocycles. The van der Waals surface area contributed by atoms with Crippen molar-refractivity contribution in [1.29, 1.82) is 0 Å². The van der Waals surface area contributed by atoms with Gasteiger partial charge in [-0.1, -0.05) is 30.3 Å². The third-order valence-corrected chi connectivity index (χ3v) is 5.60. The Morgan fingerprint density at radius 2 is 1.74 bits per heavy atom. The maximum Gasteiger partial charge on any atom is 0.246 e. The van der Waals surface area contributed by atoms with Gasteiger partial charge in [-0.05, 0) is 50.5 Å². The van der Waals surface area contributed by atoms with Crippen molar-refractivity contribution < 1.29 is 9.59 Å². The molecule has 4 rings (SSSR count). The third kappa shape index (κ3) is 3.29. The van der Waals surface area contributed by atoms with Crippen LogP contribution in [0.1, 0.15) is 32.3 Å². The molecule has 0 radical (unpaired) electrons. The van der Waals surface area contributed by atoms with Gasteiger partial charge in [0.05, 0.1) is 17.9 Å². The van der Waals surface area contributed by atoms with Gasteiger partial charge in [-0.3, -0.25) is 9.59 Å². The van der Waals surface area contributed by atoms with Gasteiger partial charge in [-0.2, -0.15) is 0 Å². The molecule has 2 amide bonds. The summed E-state index contributed by atoms with van der Waals surface area (Å²) in [6, 6.07) is 16.0. The molecular formula is C22H25N3O2. The predicted molar refractivity (Wildman–Crippen MR) is 108 cm³/mol. The minimum Gasteiger partial charge on any atom is -0.359 e. The van der Waals surface area contributed by atoms with Crippen molar-refractivity contribution in [1.82, 2.24) is 0 Å². The van der Waals surface area contributed by atoms with Crippen LogP contribution in [0.25, 0.3) is 0 Å². The molecule has 0 fully saturated rings. The van der Waals surface area contributed by atoms with Crippen LogP contribution in [0.5, 0.6) is 0 Å². The van der Waals surface area contributed by atoms with Crippen molar-refractivity contribution in [3.63, 3.8) is 0 Å². The van der Waals surface area contributed by atoms with Crippen LogP contribution in [-0.4, -0.2) is 30.4 Å². The van der Waals surface area contributed by atoms with Crippen LogP contribution in [0.4, 0.5) is 17.1 Å². The minimum atomic E-state index is -0.184. The van der Waals surface area contributed by atoms with Gasteiger partial charge in [0.25, 0.3) is 0 Å². The van der Waals surface area contributed by atoms with E-state index in [2.05, 4.69) is 35.3 Å². The van der Waals surface area contributed by atoms with Crippen molar-refractivity contribution in [2.75, 3.05) is 21.7 Å². The molecule has 0 aromatic heterocycles. The number of para-hydroxylation sites is 3. The van der Waals surface area contributed by atoms with E-state index >= 15 is 0 Å². The molecule has 2 atom stereocenters. The molecule has 0 bridgehead atoms. The van der Waals surface area contributed by atoms with Crippen LogP contribution in [0, 0.1) is 0 Å². The highest BCUT2D eigenvalue weighted by Crippen LogP contribution is 2.33. The number of fused-ring (bicyclic) bond motifs is 2. The highest BCUT2D eigenvalue weighted by molar-refractivity contribution is 6.05. The summed E-state index contributed by atoms with van der Waals surface area (Å²) in [5.74, 6) is -0.0306. The normalized spacial score (nSPS) is 21.8. The second-order valence-electron chi connectivity index (χ2n) is 7.53. The Hall–Kier alpha value is -2.82. The van der Waals surface area contributed by atoms with E-state index in [-0.39, 0.29) is 17.9 Å². The molecule has 2 aliphatic heterocycles. The Bertz CT molecular complexity index is 879. The monoisotopic (exact) mass is 363 g/mol. The number of rotatable bonds is 2. The molecule has 2 heterocycles. The van der Waals surface area contributed by atoms with Crippen LogP contribution < -0.4 is 15.1 Å². The van der Waals surface area contributed by atoms with E-state index in [1.165, 1.54) is 5.56 Å². The van der Waals surface area contributed by atoms with E-state index in [0.29, 0.717) is 24.7 Å². The molecule has 2 aromatic rings. The second kappa shape index (κ2) is 7.06. The van der Waals surface area contributed by atoms with Gasteiger partial charge >= 0.3 is 0 Å². The summed E-state index contributed by atoms with van der Waals surface area (Å²) in [4.78, 5) is 29.6. The summed E-state index contributed by atoms with van der Waals surface area (Å²) in [5, 5.41) is 2.92. The van der Waals surface area contributed by atoms with E-state index in [1.54, 1.807) is 4.90 Å². The number of carbonyl (C=O) groups is 2. The first-order valence-electron chi connectivity index (χ1n) is 9.60. The fraction of sp³-hybridized carbons (Fsp3) is 0.364. The zero-order valence-electron chi connectivity index (χ0n) is 15.8. The molecule has 0 saturated carbocycles. The zero-order chi connectivity index (χ0) is 19.0. The lowest BCUT2D eigenvalue weighted by molar-refractivity contribution is -0.118. The lowest BCUT2D eigenvalue weighted by Crippen LogP contribution is -2.48. The smallest absolute Gasteiger partial charge is 0.246 e. The molecule has 1 N–H and O–H groups in total. The summed E-state index contributed by atoms with van der Waals surface area (Å²) in [7, 11) is 0. The molecule has 2 unspecified atom stereocenters. The largest absolute Gasteiger partial charge is 0.359 e. The van der Waals surface area contributed by atoms with Crippen molar-refractivity contribution in [3.05, 3.63) is 54.1 Å². The van der Waals surface area contributed by atoms with Gasteiger partial charge in [0, 0.05) is 24.2 Å². The number of benzene rings is 2. The molecule has 2 aliphatic rings. The Kier molecular flexibility index (Phi) is 4.60. The molecule has 5 heteroatoms. The van der Waals surface area contributed by atoms with E-state index in [4.69, 9.17) is 0 Å². The van der Waals surface area contributed by atoms with Crippen molar-refractivity contribution >= 4 is 28.9 Å². The molecule has 27 heavy (non-hydrogen) atoms. The highest BCUT2D eigenvalue weighted by Gasteiger charge is 2.32. The van der Waals surface area contributed by atoms with Crippen LogP contribution in [0.15, 0.2) is 48.5 Å². The minimum absolute atomic E-state index is 0.0232. The second-order valence-corrected chi connectivity index (χ2v) is 7.53. The molecule has 140 valence electrons. The van der Waals surface area contributed by atoms with Gasteiger partial charge in [0.1, 0.15) is 0 Å². The van der Waals surface area contributed by atoms with E-state index < -0.39 is 0 Å².